The van der Waals surface area contributed by atoms with Crippen molar-refractivity contribution in [2.24, 2.45) is 5.92 Å². The molecule has 1 aliphatic rings. The molecule has 1 fully saturated rings. The Labute approximate surface area is 72.8 Å². The van der Waals surface area contributed by atoms with Crippen LogP contribution in [-0.2, 0) is 9.53 Å². The molecule has 0 heterocycles. The van der Waals surface area contributed by atoms with Crippen molar-refractivity contribution in [3.63, 3.8) is 0 Å². The molecule has 0 unspecified atom stereocenters. The second kappa shape index (κ2) is 4.26. The summed E-state index contributed by atoms with van der Waals surface area (Å²) in [6.45, 7) is 4.09. The monoisotopic (exact) mass is 169 g/mol. The fraction of sp³-hybridized carbons (Fsp3) is 0.667. The summed E-state index contributed by atoms with van der Waals surface area (Å²) in [6, 6.07) is 0. The molecule has 1 saturated carbocycles. The van der Waals surface area contributed by atoms with E-state index in [0.717, 1.165) is 12.8 Å². The number of amides is 1. The van der Waals surface area contributed by atoms with E-state index in [1.807, 2.05) is 0 Å². The number of hydrogen-bond donors (Lipinski definition) is 1. The molecule has 0 radical (unpaired) electrons. The average molecular weight is 169 g/mol. The molecule has 1 amide bonds. The number of nitrogens with one attached hydrogen (secondary N) is 1. The van der Waals surface area contributed by atoms with Gasteiger partial charge in [0.2, 0.25) is 5.91 Å². The summed E-state index contributed by atoms with van der Waals surface area (Å²) in [4.78, 5) is 11.2. The van der Waals surface area contributed by atoms with Gasteiger partial charge in [0.1, 0.15) is 0 Å². The highest BCUT2D eigenvalue weighted by atomic mass is 16.5. The van der Waals surface area contributed by atoms with Crippen LogP contribution in [0.1, 0.15) is 12.8 Å². The van der Waals surface area contributed by atoms with Crippen LogP contribution in [0.3, 0.4) is 0 Å². The summed E-state index contributed by atoms with van der Waals surface area (Å²) in [5.74, 6) is 0.290. The Morgan fingerprint density at radius 3 is 2.92 bits per heavy atom. The maximum Gasteiger partial charge on any atom is 0.223 e. The predicted molar refractivity (Wildman–Crippen MR) is 46.7 cm³/mol. The van der Waals surface area contributed by atoms with E-state index >= 15 is 0 Å². The van der Waals surface area contributed by atoms with Gasteiger partial charge in [-0.1, -0.05) is 6.08 Å². The molecule has 0 aromatic rings. The summed E-state index contributed by atoms with van der Waals surface area (Å²) in [5, 5.41) is 2.77. The zero-order valence-corrected chi connectivity index (χ0v) is 7.38. The lowest BCUT2D eigenvalue weighted by atomic mass is 9.81. The molecular formula is C9H15NO2. The molecule has 0 spiro atoms. The largest absolute Gasteiger partial charge is 0.381 e. The van der Waals surface area contributed by atoms with Gasteiger partial charge in [-0.15, -0.1) is 6.58 Å². The number of hydrogen-bond acceptors (Lipinski definition) is 2. The zero-order chi connectivity index (χ0) is 8.97. The lowest BCUT2D eigenvalue weighted by Gasteiger charge is -2.32. The van der Waals surface area contributed by atoms with Crippen LogP contribution >= 0.6 is 0 Å². The Morgan fingerprint density at radius 1 is 1.75 bits per heavy atom. The van der Waals surface area contributed by atoms with Crippen molar-refractivity contribution >= 4 is 5.91 Å². The molecule has 0 aromatic heterocycles. The van der Waals surface area contributed by atoms with Crippen LogP contribution in [0.25, 0.3) is 0 Å². The van der Waals surface area contributed by atoms with Gasteiger partial charge in [0.25, 0.3) is 0 Å². The third kappa shape index (κ3) is 2.08. The average Bonchev–Trinajstić information content (AvgIpc) is 1.99. The quantitative estimate of drug-likeness (QED) is 0.629. The van der Waals surface area contributed by atoms with Gasteiger partial charge < -0.3 is 10.1 Å². The van der Waals surface area contributed by atoms with Crippen molar-refractivity contribution in [3.8, 4) is 0 Å². The third-order valence-electron chi connectivity index (χ3n) is 2.22. The SMILES string of the molecule is C=CCNC(=O)C1CC(OC)C1. The fourth-order valence-electron chi connectivity index (χ4n) is 1.29. The predicted octanol–water partition coefficient (Wildman–Crippen LogP) is 0.714. The maximum absolute atomic E-state index is 11.2. The van der Waals surface area contributed by atoms with Crippen LogP contribution in [0.2, 0.25) is 0 Å². The van der Waals surface area contributed by atoms with E-state index in [4.69, 9.17) is 4.74 Å². The summed E-state index contributed by atoms with van der Waals surface area (Å²) in [7, 11) is 1.68. The van der Waals surface area contributed by atoms with Crippen LogP contribution in [-0.4, -0.2) is 25.7 Å². The summed E-state index contributed by atoms with van der Waals surface area (Å²) in [6.07, 6.45) is 3.70. The summed E-state index contributed by atoms with van der Waals surface area (Å²) < 4.78 is 5.07. The molecule has 1 rings (SSSR count). The van der Waals surface area contributed by atoms with E-state index < -0.39 is 0 Å². The first-order chi connectivity index (χ1) is 5.77. The van der Waals surface area contributed by atoms with Crippen molar-refractivity contribution < 1.29 is 9.53 Å². The number of rotatable bonds is 4. The highest BCUT2D eigenvalue weighted by Gasteiger charge is 2.33. The molecule has 1 N–H and O–H groups in total. The second-order valence-corrected chi connectivity index (χ2v) is 3.06. The van der Waals surface area contributed by atoms with E-state index in [9.17, 15) is 4.79 Å². The fourth-order valence-corrected chi connectivity index (χ4v) is 1.29. The minimum absolute atomic E-state index is 0.128. The maximum atomic E-state index is 11.2. The lowest BCUT2D eigenvalue weighted by Crippen LogP contribution is -2.41. The van der Waals surface area contributed by atoms with E-state index in [1.165, 1.54) is 0 Å². The second-order valence-electron chi connectivity index (χ2n) is 3.06. The first-order valence-electron chi connectivity index (χ1n) is 4.19. The number of carbonyl (C=O) groups excluding carboxylic acids is 1. The van der Waals surface area contributed by atoms with Crippen LogP contribution in [0, 0.1) is 5.92 Å². The molecule has 0 saturated heterocycles. The van der Waals surface area contributed by atoms with Crippen molar-refractivity contribution in [1.29, 1.82) is 0 Å². The topological polar surface area (TPSA) is 38.3 Å². The Morgan fingerprint density at radius 2 is 2.42 bits per heavy atom. The highest BCUT2D eigenvalue weighted by molar-refractivity contribution is 5.79. The molecule has 68 valence electrons. The van der Waals surface area contributed by atoms with E-state index in [0.29, 0.717) is 12.6 Å². The molecule has 3 nitrogen and oxygen atoms in total. The van der Waals surface area contributed by atoms with Crippen LogP contribution in [0.4, 0.5) is 0 Å². The van der Waals surface area contributed by atoms with Gasteiger partial charge in [-0.2, -0.15) is 0 Å². The highest BCUT2D eigenvalue weighted by Crippen LogP contribution is 2.29. The van der Waals surface area contributed by atoms with Gasteiger partial charge in [0.15, 0.2) is 0 Å². The van der Waals surface area contributed by atoms with Gasteiger partial charge in [-0.05, 0) is 12.8 Å². The molecule has 0 aromatic carbocycles. The normalized spacial score (nSPS) is 27.4. The van der Waals surface area contributed by atoms with Crippen LogP contribution in [0.5, 0.6) is 0 Å². The smallest absolute Gasteiger partial charge is 0.223 e. The van der Waals surface area contributed by atoms with Gasteiger partial charge in [0.05, 0.1) is 6.10 Å². The van der Waals surface area contributed by atoms with Crippen molar-refractivity contribution in [3.05, 3.63) is 12.7 Å². The van der Waals surface area contributed by atoms with Crippen molar-refractivity contribution in [2.75, 3.05) is 13.7 Å². The van der Waals surface area contributed by atoms with E-state index in [-0.39, 0.29) is 11.8 Å². The first kappa shape index (κ1) is 9.26. The van der Waals surface area contributed by atoms with Crippen LogP contribution < -0.4 is 5.32 Å². The molecule has 3 heteroatoms. The van der Waals surface area contributed by atoms with Gasteiger partial charge in [-0.25, -0.2) is 0 Å². The van der Waals surface area contributed by atoms with E-state index in [2.05, 4.69) is 11.9 Å². The third-order valence-corrected chi connectivity index (χ3v) is 2.22. The molecular weight excluding hydrogens is 154 g/mol. The lowest BCUT2D eigenvalue weighted by molar-refractivity contribution is -0.132. The summed E-state index contributed by atoms with van der Waals surface area (Å²) in [5.41, 5.74) is 0. The minimum Gasteiger partial charge on any atom is -0.381 e. The number of carbonyl (C=O) groups is 1. The van der Waals surface area contributed by atoms with E-state index in [1.54, 1.807) is 13.2 Å². The Kier molecular flexibility index (Phi) is 3.29. The van der Waals surface area contributed by atoms with Gasteiger partial charge in [0, 0.05) is 19.6 Å². The Balaban J connectivity index is 2.14. The van der Waals surface area contributed by atoms with Gasteiger partial charge in [-0.3, -0.25) is 4.79 Å². The molecule has 0 atom stereocenters. The molecule has 0 bridgehead atoms. The van der Waals surface area contributed by atoms with Crippen molar-refractivity contribution in [1.82, 2.24) is 5.32 Å². The number of ether oxygens (including phenoxy) is 1. The number of methoxy groups -OCH3 is 1. The Bertz CT molecular complexity index is 173. The molecule has 12 heavy (non-hydrogen) atoms. The van der Waals surface area contributed by atoms with Gasteiger partial charge >= 0.3 is 0 Å². The van der Waals surface area contributed by atoms with Crippen molar-refractivity contribution in [2.45, 2.75) is 18.9 Å². The zero-order valence-electron chi connectivity index (χ0n) is 7.38. The van der Waals surface area contributed by atoms with Crippen LogP contribution in [0.15, 0.2) is 12.7 Å². The first-order valence-corrected chi connectivity index (χ1v) is 4.19. The molecule has 0 aliphatic heterocycles. The standard InChI is InChI=1S/C9H15NO2/c1-3-4-10-9(11)7-5-8(6-7)12-2/h3,7-8H,1,4-6H2,2H3,(H,10,11). The minimum atomic E-state index is 0.128. The molecule has 1 aliphatic carbocycles. The Hall–Kier alpha value is -0.830. The summed E-state index contributed by atoms with van der Waals surface area (Å²) >= 11 is 0.